The van der Waals surface area contributed by atoms with Crippen LogP contribution in [0.25, 0.3) is 0 Å². The molecule has 7 nitrogen and oxygen atoms in total. The van der Waals surface area contributed by atoms with Crippen LogP contribution < -0.4 is 5.32 Å². The van der Waals surface area contributed by atoms with Crippen molar-refractivity contribution < 1.29 is 19.5 Å². The van der Waals surface area contributed by atoms with Gasteiger partial charge in [0, 0.05) is 39.1 Å². The lowest BCUT2D eigenvalue weighted by atomic mass is 10.1. The summed E-state index contributed by atoms with van der Waals surface area (Å²) < 4.78 is 0. The zero-order chi connectivity index (χ0) is 17.5. The summed E-state index contributed by atoms with van der Waals surface area (Å²) in [5.74, 6) is -0.893. The molecule has 2 rings (SSSR count). The van der Waals surface area contributed by atoms with Gasteiger partial charge in [-0.15, -0.1) is 0 Å². The first-order chi connectivity index (χ1) is 11.5. The molecule has 1 heterocycles. The molecule has 1 saturated heterocycles. The Kier molecular flexibility index (Phi) is 6.17. The number of piperazine rings is 1. The molecule has 1 aromatic rings. The minimum atomic E-state index is -0.956. The molecule has 0 aliphatic carbocycles. The molecule has 0 atom stereocenters. The average molecular weight is 333 g/mol. The van der Waals surface area contributed by atoms with Crippen molar-refractivity contribution in [2.45, 2.75) is 19.8 Å². The van der Waals surface area contributed by atoms with E-state index < -0.39 is 5.97 Å². The Morgan fingerprint density at radius 1 is 1.04 bits per heavy atom. The number of carbonyl (C=O) groups is 3. The Balaban J connectivity index is 1.77. The smallest absolute Gasteiger partial charge is 0.335 e. The van der Waals surface area contributed by atoms with E-state index in [1.54, 1.807) is 34.1 Å². The zero-order valence-electron chi connectivity index (χ0n) is 13.8. The summed E-state index contributed by atoms with van der Waals surface area (Å²) in [6, 6.07) is 6.50. The topological polar surface area (TPSA) is 90.0 Å². The predicted octanol–water partition coefficient (Wildman–Crippen LogP) is 1.19. The SMILES string of the molecule is CCNC(=O)N1CCN(C(=O)CCc2ccc(C(=O)O)cc2)CC1. The quantitative estimate of drug-likeness (QED) is 0.847. The maximum absolute atomic E-state index is 12.3. The lowest BCUT2D eigenvalue weighted by molar-refractivity contribution is -0.132. The summed E-state index contributed by atoms with van der Waals surface area (Å²) >= 11 is 0. The Labute approximate surface area is 141 Å². The van der Waals surface area contributed by atoms with Crippen LogP contribution in [0.3, 0.4) is 0 Å². The maximum atomic E-state index is 12.3. The number of carboxylic acid groups (broad SMARTS) is 1. The highest BCUT2D eigenvalue weighted by atomic mass is 16.4. The molecule has 2 N–H and O–H groups in total. The molecule has 1 aromatic carbocycles. The summed E-state index contributed by atoms with van der Waals surface area (Å²) in [6.45, 7) is 4.66. The lowest BCUT2D eigenvalue weighted by Crippen LogP contribution is -2.53. The fourth-order valence-electron chi connectivity index (χ4n) is 2.65. The second kappa shape index (κ2) is 8.33. The Morgan fingerprint density at radius 3 is 2.17 bits per heavy atom. The molecule has 0 aromatic heterocycles. The summed E-state index contributed by atoms with van der Waals surface area (Å²) in [7, 11) is 0. The number of aryl methyl sites for hydroxylation is 1. The van der Waals surface area contributed by atoms with Gasteiger partial charge in [-0.3, -0.25) is 4.79 Å². The largest absolute Gasteiger partial charge is 0.478 e. The van der Waals surface area contributed by atoms with Crippen molar-refractivity contribution in [3.8, 4) is 0 Å². The molecule has 7 heteroatoms. The van der Waals surface area contributed by atoms with Crippen molar-refractivity contribution in [3.63, 3.8) is 0 Å². The molecule has 1 aliphatic heterocycles. The first kappa shape index (κ1) is 17.8. The lowest BCUT2D eigenvalue weighted by Gasteiger charge is -2.34. The molecule has 0 spiro atoms. The van der Waals surface area contributed by atoms with Crippen molar-refractivity contribution in [2.24, 2.45) is 0 Å². The normalized spacial score (nSPS) is 14.4. The number of hydrogen-bond acceptors (Lipinski definition) is 3. The molecular formula is C17H23N3O4. The zero-order valence-corrected chi connectivity index (χ0v) is 13.8. The number of urea groups is 1. The summed E-state index contributed by atoms with van der Waals surface area (Å²) in [5, 5.41) is 11.6. The number of nitrogens with zero attached hydrogens (tertiary/aromatic N) is 2. The van der Waals surface area contributed by atoms with Gasteiger partial charge in [-0.2, -0.15) is 0 Å². The van der Waals surface area contributed by atoms with Crippen LogP contribution in [0.4, 0.5) is 4.79 Å². The summed E-state index contributed by atoms with van der Waals surface area (Å²) in [4.78, 5) is 38.3. The van der Waals surface area contributed by atoms with Gasteiger partial charge in [-0.1, -0.05) is 12.1 Å². The second-order valence-corrected chi connectivity index (χ2v) is 5.71. The van der Waals surface area contributed by atoms with Crippen LogP contribution in [0.2, 0.25) is 0 Å². The molecule has 0 radical (unpaired) electrons. The number of nitrogens with one attached hydrogen (secondary N) is 1. The van der Waals surface area contributed by atoms with E-state index >= 15 is 0 Å². The van der Waals surface area contributed by atoms with Crippen LogP contribution in [0.1, 0.15) is 29.3 Å². The molecule has 3 amide bonds. The first-order valence-electron chi connectivity index (χ1n) is 8.14. The van der Waals surface area contributed by atoms with E-state index in [1.807, 2.05) is 6.92 Å². The molecule has 0 bridgehead atoms. The van der Waals surface area contributed by atoms with E-state index in [-0.39, 0.29) is 17.5 Å². The molecule has 0 unspecified atom stereocenters. The van der Waals surface area contributed by atoms with Gasteiger partial charge in [-0.05, 0) is 31.0 Å². The number of carbonyl (C=O) groups excluding carboxylic acids is 2. The van der Waals surface area contributed by atoms with Gasteiger partial charge in [0.25, 0.3) is 0 Å². The highest BCUT2D eigenvalue weighted by molar-refractivity contribution is 5.87. The average Bonchev–Trinajstić information content (AvgIpc) is 2.60. The highest BCUT2D eigenvalue weighted by Gasteiger charge is 2.23. The van der Waals surface area contributed by atoms with E-state index in [0.29, 0.717) is 45.6 Å². The van der Waals surface area contributed by atoms with Crippen molar-refractivity contribution >= 4 is 17.9 Å². The Morgan fingerprint density at radius 2 is 1.62 bits per heavy atom. The van der Waals surface area contributed by atoms with Crippen molar-refractivity contribution in [1.29, 1.82) is 0 Å². The standard InChI is InChI=1S/C17H23N3O4/c1-2-18-17(24)20-11-9-19(10-12-20)15(21)8-5-13-3-6-14(7-4-13)16(22)23/h3-4,6-7H,2,5,8-12H2,1H3,(H,18,24)(H,22,23). The van der Waals surface area contributed by atoms with Crippen molar-refractivity contribution in [3.05, 3.63) is 35.4 Å². The summed E-state index contributed by atoms with van der Waals surface area (Å²) in [5.41, 5.74) is 1.18. The van der Waals surface area contributed by atoms with Crippen LogP contribution in [0.5, 0.6) is 0 Å². The van der Waals surface area contributed by atoms with Crippen molar-refractivity contribution in [1.82, 2.24) is 15.1 Å². The predicted molar refractivity (Wildman–Crippen MR) is 88.9 cm³/mol. The minimum Gasteiger partial charge on any atom is -0.478 e. The number of benzene rings is 1. The number of rotatable bonds is 5. The summed E-state index contributed by atoms with van der Waals surface area (Å²) in [6.07, 6.45) is 0.961. The second-order valence-electron chi connectivity index (χ2n) is 5.71. The fraction of sp³-hybridized carbons (Fsp3) is 0.471. The minimum absolute atomic E-state index is 0.0628. The maximum Gasteiger partial charge on any atom is 0.335 e. The Hall–Kier alpha value is -2.57. The molecule has 1 fully saturated rings. The molecule has 130 valence electrons. The number of amides is 3. The molecule has 0 saturated carbocycles. The third-order valence-electron chi connectivity index (χ3n) is 4.08. The Bertz CT molecular complexity index is 592. The van der Waals surface area contributed by atoms with Gasteiger partial charge >= 0.3 is 12.0 Å². The number of hydrogen-bond donors (Lipinski definition) is 2. The third kappa shape index (κ3) is 4.71. The van der Waals surface area contributed by atoms with Gasteiger partial charge < -0.3 is 20.2 Å². The van der Waals surface area contributed by atoms with Crippen LogP contribution in [0.15, 0.2) is 24.3 Å². The van der Waals surface area contributed by atoms with E-state index in [0.717, 1.165) is 5.56 Å². The van der Waals surface area contributed by atoms with Gasteiger partial charge in [0.2, 0.25) is 5.91 Å². The van der Waals surface area contributed by atoms with Crippen molar-refractivity contribution in [2.75, 3.05) is 32.7 Å². The number of aromatic carboxylic acids is 1. The molecule has 24 heavy (non-hydrogen) atoms. The van der Waals surface area contributed by atoms with E-state index in [2.05, 4.69) is 5.32 Å². The van der Waals surface area contributed by atoms with Crippen LogP contribution in [-0.4, -0.2) is 65.5 Å². The third-order valence-corrected chi connectivity index (χ3v) is 4.08. The highest BCUT2D eigenvalue weighted by Crippen LogP contribution is 2.10. The van der Waals surface area contributed by atoms with E-state index in [1.165, 1.54) is 0 Å². The first-order valence-corrected chi connectivity index (χ1v) is 8.14. The number of carboxylic acids is 1. The van der Waals surface area contributed by atoms with Crippen LogP contribution >= 0.6 is 0 Å². The van der Waals surface area contributed by atoms with E-state index in [4.69, 9.17) is 5.11 Å². The molecule has 1 aliphatic rings. The van der Waals surface area contributed by atoms with Crippen LogP contribution in [-0.2, 0) is 11.2 Å². The van der Waals surface area contributed by atoms with Crippen LogP contribution in [0, 0.1) is 0 Å². The van der Waals surface area contributed by atoms with Gasteiger partial charge in [0.1, 0.15) is 0 Å². The van der Waals surface area contributed by atoms with Gasteiger partial charge in [-0.25, -0.2) is 9.59 Å². The van der Waals surface area contributed by atoms with Gasteiger partial charge in [0.15, 0.2) is 0 Å². The van der Waals surface area contributed by atoms with Gasteiger partial charge in [0.05, 0.1) is 5.56 Å². The monoisotopic (exact) mass is 333 g/mol. The van der Waals surface area contributed by atoms with E-state index in [9.17, 15) is 14.4 Å². The fourth-order valence-corrected chi connectivity index (χ4v) is 2.65. The molecular weight excluding hydrogens is 310 g/mol.